The maximum atomic E-state index is 4.25. The third kappa shape index (κ3) is 4.60. The number of nitrogens with one attached hydrogen (secondary N) is 1. The number of thiazole rings is 1. The van der Waals surface area contributed by atoms with Crippen LogP contribution in [0.3, 0.4) is 0 Å². The molecule has 1 N–H and O–H groups in total. The minimum absolute atomic E-state index is 0.308. The average Bonchev–Trinajstić information content (AvgIpc) is 2.49. The van der Waals surface area contributed by atoms with Gasteiger partial charge in [0.05, 0.1) is 11.2 Å². The molecule has 92 valence electrons. The van der Waals surface area contributed by atoms with Crippen molar-refractivity contribution in [3.8, 4) is 0 Å². The van der Waals surface area contributed by atoms with Crippen LogP contribution in [-0.4, -0.2) is 37.1 Å². The Kier molecular flexibility index (Phi) is 4.89. The number of nitrogens with zero attached hydrogens (tertiary/aromatic N) is 2. The van der Waals surface area contributed by atoms with E-state index < -0.39 is 0 Å². The van der Waals surface area contributed by atoms with Crippen LogP contribution in [0, 0.1) is 12.3 Å². The highest BCUT2D eigenvalue weighted by atomic mass is 32.1. The zero-order chi connectivity index (χ0) is 12.2. The Hall–Kier alpha value is -0.450. The molecule has 0 fully saturated rings. The molecule has 0 aliphatic heterocycles. The summed E-state index contributed by atoms with van der Waals surface area (Å²) in [4.78, 5) is 7.83. The lowest BCUT2D eigenvalue weighted by Crippen LogP contribution is -2.37. The fourth-order valence-corrected chi connectivity index (χ4v) is 2.67. The van der Waals surface area contributed by atoms with Crippen molar-refractivity contribution in [1.29, 1.82) is 0 Å². The summed E-state index contributed by atoms with van der Waals surface area (Å²) in [7, 11) is 4.24. The van der Waals surface area contributed by atoms with Gasteiger partial charge in [-0.05, 0) is 26.4 Å². The van der Waals surface area contributed by atoms with E-state index in [9.17, 15) is 0 Å². The summed E-state index contributed by atoms with van der Waals surface area (Å²) in [6.45, 7) is 9.72. The van der Waals surface area contributed by atoms with Crippen molar-refractivity contribution in [3.63, 3.8) is 0 Å². The molecule has 0 unspecified atom stereocenters. The molecule has 1 heterocycles. The van der Waals surface area contributed by atoms with Gasteiger partial charge < -0.3 is 10.2 Å². The van der Waals surface area contributed by atoms with Gasteiger partial charge in [0.15, 0.2) is 0 Å². The van der Waals surface area contributed by atoms with Gasteiger partial charge in [0.25, 0.3) is 0 Å². The fourth-order valence-electron chi connectivity index (χ4n) is 1.92. The van der Waals surface area contributed by atoms with Crippen molar-refractivity contribution < 1.29 is 0 Å². The molecule has 1 aromatic heterocycles. The van der Waals surface area contributed by atoms with E-state index >= 15 is 0 Å². The van der Waals surface area contributed by atoms with Gasteiger partial charge in [-0.3, -0.25) is 0 Å². The van der Waals surface area contributed by atoms with E-state index in [1.807, 2.05) is 5.51 Å². The van der Waals surface area contributed by atoms with E-state index in [2.05, 4.69) is 50.1 Å². The average molecular weight is 241 g/mol. The summed E-state index contributed by atoms with van der Waals surface area (Å²) in [5.74, 6) is 0. The van der Waals surface area contributed by atoms with E-state index in [0.717, 1.165) is 25.3 Å². The summed E-state index contributed by atoms with van der Waals surface area (Å²) in [5.41, 5.74) is 3.38. The Morgan fingerprint density at radius 3 is 2.62 bits per heavy atom. The molecule has 4 heteroatoms. The van der Waals surface area contributed by atoms with Crippen LogP contribution in [-0.2, 0) is 6.54 Å². The van der Waals surface area contributed by atoms with Crippen molar-refractivity contribution in [1.82, 2.24) is 15.2 Å². The number of aromatic nitrogens is 1. The third-order valence-corrected chi connectivity index (χ3v) is 3.41. The maximum Gasteiger partial charge on any atom is 0.0798 e. The largest absolute Gasteiger partial charge is 0.311 e. The maximum absolute atomic E-state index is 4.25. The van der Waals surface area contributed by atoms with Gasteiger partial charge in [-0.25, -0.2) is 4.98 Å². The first kappa shape index (κ1) is 13.6. The molecule has 3 nitrogen and oxygen atoms in total. The van der Waals surface area contributed by atoms with E-state index in [-0.39, 0.29) is 0 Å². The molecule has 0 aliphatic carbocycles. The second-order valence-electron chi connectivity index (χ2n) is 5.37. The molecule has 0 spiro atoms. The molecule has 0 saturated heterocycles. The van der Waals surface area contributed by atoms with Gasteiger partial charge in [0.1, 0.15) is 0 Å². The Morgan fingerprint density at radius 1 is 1.44 bits per heavy atom. The molecule has 0 bridgehead atoms. The highest BCUT2D eigenvalue weighted by molar-refractivity contribution is 7.09. The molecule has 0 aromatic carbocycles. The predicted molar refractivity (Wildman–Crippen MR) is 70.9 cm³/mol. The molecule has 1 aromatic rings. The predicted octanol–water partition coefficient (Wildman–Crippen LogP) is 2.13. The molecule has 0 aliphatic rings. The Balaban J connectivity index is 2.32. The van der Waals surface area contributed by atoms with Gasteiger partial charge in [0.2, 0.25) is 0 Å². The smallest absolute Gasteiger partial charge is 0.0798 e. The summed E-state index contributed by atoms with van der Waals surface area (Å²) in [6, 6.07) is 0. The Labute approximate surface area is 103 Å². The van der Waals surface area contributed by atoms with Crippen LogP contribution >= 0.6 is 11.3 Å². The molecular weight excluding hydrogens is 218 g/mol. The Morgan fingerprint density at radius 2 is 2.12 bits per heavy atom. The monoisotopic (exact) mass is 241 g/mol. The fraction of sp³-hybridized carbons (Fsp3) is 0.750. The van der Waals surface area contributed by atoms with E-state index in [1.165, 1.54) is 4.88 Å². The molecule has 16 heavy (non-hydrogen) atoms. The summed E-state index contributed by atoms with van der Waals surface area (Å²) in [6.07, 6.45) is 0. The lowest BCUT2D eigenvalue weighted by molar-refractivity contribution is 0.232. The number of rotatable bonds is 6. The van der Waals surface area contributed by atoms with Crippen LogP contribution in [0.4, 0.5) is 0 Å². The SMILES string of the molecule is Cc1ncsc1CNCC(C)(C)CN(C)C. The third-order valence-electron chi connectivity index (χ3n) is 2.48. The van der Waals surface area contributed by atoms with Crippen molar-refractivity contribution in [2.45, 2.75) is 27.3 Å². The van der Waals surface area contributed by atoms with Crippen molar-refractivity contribution in [2.75, 3.05) is 27.2 Å². The van der Waals surface area contributed by atoms with E-state index in [1.54, 1.807) is 11.3 Å². The minimum Gasteiger partial charge on any atom is -0.311 e. The minimum atomic E-state index is 0.308. The molecule has 1 rings (SSSR count). The number of hydrogen-bond acceptors (Lipinski definition) is 4. The normalized spacial score (nSPS) is 12.4. The summed E-state index contributed by atoms with van der Waals surface area (Å²) in [5, 5.41) is 3.52. The first-order chi connectivity index (χ1) is 7.41. The Bertz CT molecular complexity index is 318. The van der Waals surface area contributed by atoms with Crippen molar-refractivity contribution in [3.05, 3.63) is 16.1 Å². The van der Waals surface area contributed by atoms with Crippen LogP contribution in [0.25, 0.3) is 0 Å². The highest BCUT2D eigenvalue weighted by Gasteiger charge is 2.18. The zero-order valence-corrected chi connectivity index (χ0v) is 11.8. The highest BCUT2D eigenvalue weighted by Crippen LogP contribution is 2.16. The second-order valence-corrected chi connectivity index (χ2v) is 6.31. The quantitative estimate of drug-likeness (QED) is 0.827. The van der Waals surface area contributed by atoms with Crippen molar-refractivity contribution >= 4 is 11.3 Å². The molecule has 0 amide bonds. The van der Waals surface area contributed by atoms with Crippen LogP contribution in [0.15, 0.2) is 5.51 Å². The topological polar surface area (TPSA) is 28.2 Å². The van der Waals surface area contributed by atoms with E-state index in [0.29, 0.717) is 5.41 Å². The first-order valence-corrected chi connectivity index (χ1v) is 6.53. The standard InChI is InChI=1S/C12H23N3S/c1-10-11(16-9-14-10)6-13-7-12(2,3)8-15(4)5/h9,13H,6-8H2,1-5H3. The van der Waals surface area contributed by atoms with Gasteiger partial charge in [0, 0.05) is 24.5 Å². The molecule has 0 atom stereocenters. The van der Waals surface area contributed by atoms with Gasteiger partial charge in [-0.1, -0.05) is 13.8 Å². The lowest BCUT2D eigenvalue weighted by atomic mass is 9.93. The van der Waals surface area contributed by atoms with Crippen LogP contribution in [0.2, 0.25) is 0 Å². The molecular formula is C12H23N3S. The molecule has 0 saturated carbocycles. The van der Waals surface area contributed by atoms with Crippen LogP contribution in [0.1, 0.15) is 24.4 Å². The van der Waals surface area contributed by atoms with Crippen LogP contribution in [0.5, 0.6) is 0 Å². The molecule has 0 radical (unpaired) electrons. The summed E-state index contributed by atoms with van der Waals surface area (Å²) < 4.78 is 0. The van der Waals surface area contributed by atoms with Gasteiger partial charge >= 0.3 is 0 Å². The number of hydrogen-bond donors (Lipinski definition) is 1. The van der Waals surface area contributed by atoms with Crippen molar-refractivity contribution in [2.24, 2.45) is 5.41 Å². The second kappa shape index (κ2) is 5.75. The van der Waals surface area contributed by atoms with Gasteiger partial charge in [-0.15, -0.1) is 11.3 Å². The summed E-state index contributed by atoms with van der Waals surface area (Å²) >= 11 is 1.73. The van der Waals surface area contributed by atoms with E-state index in [4.69, 9.17) is 0 Å². The number of aryl methyl sites for hydroxylation is 1. The lowest BCUT2D eigenvalue weighted by Gasteiger charge is -2.28. The van der Waals surface area contributed by atoms with Gasteiger partial charge in [-0.2, -0.15) is 0 Å². The first-order valence-electron chi connectivity index (χ1n) is 5.65. The zero-order valence-electron chi connectivity index (χ0n) is 11.0. The van der Waals surface area contributed by atoms with Crippen LogP contribution < -0.4 is 5.32 Å².